The molecule has 1 aromatic heterocycles. The van der Waals surface area contributed by atoms with Gasteiger partial charge in [0.25, 0.3) is 0 Å². The van der Waals surface area contributed by atoms with E-state index in [2.05, 4.69) is 15.4 Å². The van der Waals surface area contributed by atoms with E-state index in [1.807, 2.05) is 24.3 Å². The fourth-order valence-electron chi connectivity index (χ4n) is 3.31. The van der Waals surface area contributed by atoms with Crippen molar-refractivity contribution in [2.45, 2.75) is 6.04 Å². The van der Waals surface area contributed by atoms with Crippen LogP contribution in [0.2, 0.25) is 10.0 Å². The highest BCUT2D eigenvalue weighted by Gasteiger charge is 2.26. The van der Waals surface area contributed by atoms with E-state index in [-0.39, 0.29) is 6.04 Å². The first-order valence-electron chi connectivity index (χ1n) is 8.69. The molecule has 0 radical (unpaired) electrons. The lowest BCUT2D eigenvalue weighted by molar-refractivity contribution is 0.323. The van der Waals surface area contributed by atoms with Crippen molar-refractivity contribution < 1.29 is 14.2 Å². The SMILES string of the molecule is COc1cc([C@@H]2C=C(c3ccc(Cl)cc3Cl)Nc3ncnn32)cc(OC)c1OC. The van der Waals surface area contributed by atoms with Gasteiger partial charge in [0.05, 0.1) is 26.4 Å². The topological polar surface area (TPSA) is 70.4 Å². The average Bonchev–Trinajstić information content (AvgIpc) is 3.20. The molecular formula is C20H18Cl2N4O3. The van der Waals surface area contributed by atoms with Crippen LogP contribution in [0, 0.1) is 0 Å². The minimum atomic E-state index is -0.274. The number of benzene rings is 2. The Kier molecular flexibility index (Phi) is 5.25. The number of nitrogens with zero attached hydrogens (tertiary/aromatic N) is 3. The van der Waals surface area contributed by atoms with Crippen LogP contribution < -0.4 is 19.5 Å². The first kappa shape index (κ1) is 19.4. The zero-order valence-corrected chi connectivity index (χ0v) is 17.5. The third-order valence-corrected chi connectivity index (χ3v) is 5.21. The molecule has 4 rings (SSSR count). The van der Waals surface area contributed by atoms with Gasteiger partial charge in [0, 0.05) is 16.3 Å². The first-order chi connectivity index (χ1) is 14.0. The number of halogens is 2. The molecule has 2 aromatic carbocycles. The van der Waals surface area contributed by atoms with Gasteiger partial charge in [0.2, 0.25) is 11.7 Å². The summed E-state index contributed by atoms with van der Waals surface area (Å²) in [4.78, 5) is 4.32. The van der Waals surface area contributed by atoms with E-state index in [9.17, 15) is 0 Å². The summed E-state index contributed by atoms with van der Waals surface area (Å²) in [6.07, 6.45) is 3.51. The van der Waals surface area contributed by atoms with E-state index in [1.165, 1.54) is 6.33 Å². The lowest BCUT2D eigenvalue weighted by atomic mass is 10.0. The van der Waals surface area contributed by atoms with Gasteiger partial charge in [0.1, 0.15) is 12.4 Å². The van der Waals surface area contributed by atoms with Crippen LogP contribution in [0.15, 0.2) is 42.7 Å². The lowest BCUT2D eigenvalue weighted by Crippen LogP contribution is -2.20. The summed E-state index contributed by atoms with van der Waals surface area (Å²) < 4.78 is 18.2. The minimum absolute atomic E-state index is 0.274. The van der Waals surface area contributed by atoms with E-state index < -0.39 is 0 Å². The summed E-state index contributed by atoms with van der Waals surface area (Å²) in [5.41, 5.74) is 2.49. The Morgan fingerprint density at radius 2 is 1.72 bits per heavy atom. The Hall–Kier alpha value is -2.90. The molecule has 0 saturated carbocycles. The highest BCUT2D eigenvalue weighted by Crippen LogP contribution is 2.42. The molecule has 1 atom stereocenters. The molecule has 0 amide bonds. The zero-order chi connectivity index (χ0) is 20.5. The molecule has 9 heteroatoms. The van der Waals surface area contributed by atoms with E-state index in [0.717, 1.165) is 16.8 Å². The smallest absolute Gasteiger partial charge is 0.226 e. The third kappa shape index (κ3) is 3.47. The molecule has 0 saturated heterocycles. The molecule has 150 valence electrons. The molecule has 3 aromatic rings. The summed E-state index contributed by atoms with van der Waals surface area (Å²) in [6, 6.07) is 8.86. The van der Waals surface area contributed by atoms with Gasteiger partial charge in [-0.15, -0.1) is 0 Å². The summed E-state index contributed by atoms with van der Waals surface area (Å²) in [5.74, 6) is 2.23. The number of nitrogens with one attached hydrogen (secondary N) is 1. The van der Waals surface area contributed by atoms with Crippen molar-refractivity contribution in [2.75, 3.05) is 26.6 Å². The summed E-state index contributed by atoms with van der Waals surface area (Å²) >= 11 is 12.5. The van der Waals surface area contributed by atoms with Crippen LogP contribution in [0.3, 0.4) is 0 Å². The maximum Gasteiger partial charge on any atom is 0.226 e. The highest BCUT2D eigenvalue weighted by molar-refractivity contribution is 6.35. The van der Waals surface area contributed by atoms with Gasteiger partial charge in [-0.25, -0.2) is 4.68 Å². The maximum absolute atomic E-state index is 6.43. The fourth-order valence-corrected chi connectivity index (χ4v) is 3.82. The monoisotopic (exact) mass is 432 g/mol. The minimum Gasteiger partial charge on any atom is -0.493 e. The van der Waals surface area contributed by atoms with Crippen molar-refractivity contribution in [3.8, 4) is 17.2 Å². The number of aromatic nitrogens is 3. The number of methoxy groups -OCH3 is 3. The Balaban J connectivity index is 1.87. The molecule has 0 fully saturated rings. The molecule has 1 aliphatic rings. The summed E-state index contributed by atoms with van der Waals surface area (Å²) in [7, 11) is 4.74. The van der Waals surface area contributed by atoms with Gasteiger partial charge in [-0.1, -0.05) is 23.2 Å². The quantitative estimate of drug-likeness (QED) is 0.631. The van der Waals surface area contributed by atoms with Crippen LogP contribution in [0.4, 0.5) is 5.95 Å². The molecule has 0 aliphatic carbocycles. The van der Waals surface area contributed by atoms with Gasteiger partial charge < -0.3 is 19.5 Å². The molecule has 1 N–H and O–H groups in total. The average molecular weight is 433 g/mol. The second kappa shape index (κ2) is 7.85. The van der Waals surface area contributed by atoms with Crippen LogP contribution in [0.5, 0.6) is 17.2 Å². The summed E-state index contributed by atoms with van der Waals surface area (Å²) in [5, 5.41) is 8.74. The van der Waals surface area contributed by atoms with Crippen LogP contribution in [0.25, 0.3) is 5.70 Å². The number of allylic oxidation sites excluding steroid dienone is 1. The van der Waals surface area contributed by atoms with Crippen molar-refractivity contribution >= 4 is 34.8 Å². The van der Waals surface area contributed by atoms with Crippen molar-refractivity contribution in [1.29, 1.82) is 0 Å². The molecule has 1 aliphatic heterocycles. The van der Waals surface area contributed by atoms with Crippen LogP contribution in [-0.2, 0) is 0 Å². The number of fused-ring (bicyclic) bond motifs is 1. The second-order valence-electron chi connectivity index (χ2n) is 6.26. The van der Waals surface area contributed by atoms with Gasteiger partial charge in [-0.2, -0.15) is 10.1 Å². The van der Waals surface area contributed by atoms with Crippen molar-refractivity contribution in [2.24, 2.45) is 0 Å². The highest BCUT2D eigenvalue weighted by atomic mass is 35.5. The molecular weight excluding hydrogens is 415 g/mol. The standard InChI is InChI=1S/C20H18Cl2N4O3/c1-27-17-6-11(7-18(28-2)19(17)29-3)16-9-15(25-20-23-10-24-26(16)20)13-5-4-12(21)8-14(13)22/h4-10,16H,1-3H3,(H,23,24,25)/t16-/m0/s1. The molecule has 0 spiro atoms. The normalized spacial score (nSPS) is 15.2. The molecule has 7 nitrogen and oxygen atoms in total. The van der Waals surface area contributed by atoms with E-state index >= 15 is 0 Å². The Bertz CT molecular complexity index is 1070. The van der Waals surface area contributed by atoms with E-state index in [4.69, 9.17) is 37.4 Å². The predicted molar refractivity (Wildman–Crippen MR) is 112 cm³/mol. The van der Waals surface area contributed by atoms with Crippen LogP contribution in [0.1, 0.15) is 17.2 Å². The lowest BCUT2D eigenvalue weighted by Gasteiger charge is -2.26. The molecule has 0 bridgehead atoms. The maximum atomic E-state index is 6.43. The molecule has 0 unspecified atom stereocenters. The number of ether oxygens (including phenoxy) is 3. The van der Waals surface area contributed by atoms with Crippen molar-refractivity contribution in [1.82, 2.24) is 14.8 Å². The van der Waals surface area contributed by atoms with Gasteiger partial charge in [0.15, 0.2) is 11.5 Å². The third-order valence-electron chi connectivity index (χ3n) is 4.66. The van der Waals surface area contributed by atoms with Crippen LogP contribution >= 0.6 is 23.2 Å². The largest absolute Gasteiger partial charge is 0.493 e. The van der Waals surface area contributed by atoms with Crippen molar-refractivity contribution in [3.05, 3.63) is 63.9 Å². The predicted octanol–water partition coefficient (Wildman–Crippen LogP) is 4.67. The number of hydrogen-bond donors (Lipinski definition) is 1. The van der Waals surface area contributed by atoms with Gasteiger partial charge in [-0.3, -0.25) is 0 Å². The van der Waals surface area contributed by atoms with Gasteiger partial charge >= 0.3 is 0 Å². The Labute approximate surface area is 177 Å². The summed E-state index contributed by atoms with van der Waals surface area (Å²) in [6.45, 7) is 0. The number of hydrogen-bond acceptors (Lipinski definition) is 6. The van der Waals surface area contributed by atoms with Crippen molar-refractivity contribution in [3.63, 3.8) is 0 Å². The van der Waals surface area contributed by atoms with E-state index in [1.54, 1.807) is 38.1 Å². The van der Waals surface area contributed by atoms with Gasteiger partial charge in [-0.05, 0) is 42.0 Å². The van der Waals surface area contributed by atoms with E-state index in [0.29, 0.717) is 33.2 Å². The number of rotatable bonds is 5. The zero-order valence-electron chi connectivity index (χ0n) is 15.9. The van der Waals surface area contributed by atoms with Crippen LogP contribution in [-0.4, -0.2) is 36.1 Å². The Morgan fingerprint density at radius 1 is 1.00 bits per heavy atom. The fraction of sp³-hybridized carbons (Fsp3) is 0.200. The number of anilines is 1. The molecule has 29 heavy (non-hydrogen) atoms. The first-order valence-corrected chi connectivity index (χ1v) is 9.45. The Morgan fingerprint density at radius 3 is 2.34 bits per heavy atom. The molecule has 2 heterocycles. The second-order valence-corrected chi connectivity index (χ2v) is 7.10.